The monoisotopic (exact) mass is 277 g/mol. The molecule has 2 aromatic carbocycles. The maximum atomic E-state index is 4.51. The summed E-state index contributed by atoms with van der Waals surface area (Å²) in [4.78, 5) is 4.51. The molecule has 0 aliphatic carbocycles. The molecule has 0 amide bonds. The highest BCUT2D eigenvalue weighted by molar-refractivity contribution is 7.18. The van der Waals surface area contributed by atoms with Gasteiger partial charge in [0.25, 0.3) is 0 Å². The first-order valence-electron chi connectivity index (χ1n) is 6.59. The Morgan fingerprint density at radius 1 is 0.950 bits per heavy atom. The first-order chi connectivity index (χ1) is 9.63. The lowest BCUT2D eigenvalue weighted by molar-refractivity contribution is 1.33. The quantitative estimate of drug-likeness (QED) is 0.546. The minimum atomic E-state index is 1.04. The number of thiazole rings is 1. The van der Waals surface area contributed by atoms with E-state index in [1.54, 1.807) is 11.3 Å². The molecular weight excluding hydrogens is 262 g/mol. The highest BCUT2D eigenvalue weighted by Crippen LogP contribution is 2.24. The first-order valence-corrected chi connectivity index (χ1v) is 7.40. The van der Waals surface area contributed by atoms with Crippen molar-refractivity contribution < 1.29 is 0 Å². The summed E-state index contributed by atoms with van der Waals surface area (Å²) in [6, 6.07) is 12.5. The van der Waals surface area contributed by atoms with E-state index in [-0.39, 0.29) is 0 Å². The van der Waals surface area contributed by atoms with Crippen molar-refractivity contribution in [3.05, 3.63) is 63.7 Å². The second kappa shape index (κ2) is 5.11. The van der Waals surface area contributed by atoms with E-state index < -0.39 is 0 Å². The van der Waals surface area contributed by atoms with Crippen molar-refractivity contribution >= 4 is 21.6 Å². The Bertz CT molecular complexity index is 847. The lowest BCUT2D eigenvalue weighted by atomic mass is 10.1. The van der Waals surface area contributed by atoms with Crippen molar-refractivity contribution in [3.63, 3.8) is 0 Å². The topological polar surface area (TPSA) is 12.9 Å². The summed E-state index contributed by atoms with van der Waals surface area (Å²) in [6.07, 6.45) is 0. The number of hydrogen-bond donors (Lipinski definition) is 0. The van der Waals surface area contributed by atoms with Crippen molar-refractivity contribution in [2.24, 2.45) is 0 Å². The molecule has 1 aromatic heterocycles. The van der Waals surface area contributed by atoms with Gasteiger partial charge in [-0.15, -0.1) is 11.3 Å². The molecule has 0 saturated carbocycles. The molecule has 3 aromatic rings. The fourth-order valence-electron chi connectivity index (χ4n) is 2.12. The van der Waals surface area contributed by atoms with Gasteiger partial charge in [0.2, 0.25) is 0 Å². The van der Waals surface area contributed by atoms with Gasteiger partial charge in [-0.3, -0.25) is 0 Å². The van der Waals surface area contributed by atoms with Crippen LogP contribution in [0.4, 0.5) is 0 Å². The Labute approximate surface area is 123 Å². The molecule has 0 fully saturated rings. The summed E-state index contributed by atoms with van der Waals surface area (Å²) in [5.74, 6) is 6.54. The average Bonchev–Trinajstić information content (AvgIpc) is 2.81. The molecule has 0 bridgehead atoms. The highest BCUT2D eigenvalue weighted by Gasteiger charge is 2.03. The molecule has 0 aliphatic rings. The molecule has 0 saturated heterocycles. The highest BCUT2D eigenvalue weighted by atomic mass is 32.1. The van der Waals surface area contributed by atoms with Gasteiger partial charge in [-0.1, -0.05) is 24.0 Å². The molecule has 98 valence electrons. The van der Waals surface area contributed by atoms with Gasteiger partial charge in [-0.25, -0.2) is 4.98 Å². The van der Waals surface area contributed by atoms with Crippen LogP contribution < -0.4 is 0 Å². The predicted octanol–water partition coefficient (Wildman–Crippen LogP) is 4.62. The van der Waals surface area contributed by atoms with Crippen LogP contribution in [0.15, 0.2) is 36.4 Å². The Morgan fingerprint density at radius 2 is 1.80 bits per heavy atom. The molecule has 1 heterocycles. The number of hydrogen-bond acceptors (Lipinski definition) is 2. The summed E-state index contributed by atoms with van der Waals surface area (Å²) in [7, 11) is 0. The van der Waals surface area contributed by atoms with Gasteiger partial charge in [0.05, 0.1) is 15.2 Å². The van der Waals surface area contributed by atoms with Crippen LogP contribution >= 0.6 is 11.3 Å². The van der Waals surface area contributed by atoms with Gasteiger partial charge in [-0.05, 0) is 56.2 Å². The SMILES string of the molecule is Cc1nc2cccc(C#Cc3ccc(C)c(C)c3)c2s1. The summed E-state index contributed by atoms with van der Waals surface area (Å²) >= 11 is 1.71. The third-order valence-electron chi connectivity index (χ3n) is 3.37. The van der Waals surface area contributed by atoms with Crippen LogP contribution in [-0.4, -0.2) is 4.98 Å². The number of nitrogens with zero attached hydrogens (tertiary/aromatic N) is 1. The van der Waals surface area contributed by atoms with Crippen molar-refractivity contribution in [2.75, 3.05) is 0 Å². The third kappa shape index (κ3) is 2.45. The Kier molecular flexibility index (Phi) is 3.30. The van der Waals surface area contributed by atoms with Gasteiger partial charge in [-0.2, -0.15) is 0 Å². The molecule has 0 radical (unpaired) electrons. The smallest absolute Gasteiger partial charge is 0.0908 e. The Hall–Kier alpha value is -2.11. The van der Waals surface area contributed by atoms with E-state index in [0.29, 0.717) is 0 Å². The van der Waals surface area contributed by atoms with Crippen molar-refractivity contribution in [3.8, 4) is 11.8 Å². The molecule has 1 nitrogen and oxygen atoms in total. The largest absolute Gasteiger partial charge is 0.241 e. The number of aryl methyl sites for hydroxylation is 3. The van der Waals surface area contributed by atoms with Crippen LogP contribution in [0, 0.1) is 32.6 Å². The second-order valence-electron chi connectivity index (χ2n) is 4.94. The van der Waals surface area contributed by atoms with E-state index in [2.05, 4.69) is 54.9 Å². The fourth-order valence-corrected chi connectivity index (χ4v) is 3.00. The first kappa shape index (κ1) is 12.9. The van der Waals surface area contributed by atoms with E-state index in [1.165, 1.54) is 15.8 Å². The van der Waals surface area contributed by atoms with Crippen LogP contribution in [0.3, 0.4) is 0 Å². The van der Waals surface area contributed by atoms with Gasteiger partial charge in [0.1, 0.15) is 0 Å². The molecule has 0 aliphatic heterocycles. The molecular formula is C18H15NS. The minimum Gasteiger partial charge on any atom is -0.241 e. The zero-order valence-corrected chi connectivity index (χ0v) is 12.6. The van der Waals surface area contributed by atoms with Gasteiger partial charge >= 0.3 is 0 Å². The summed E-state index contributed by atoms with van der Waals surface area (Å²) in [5, 5.41) is 1.08. The zero-order valence-electron chi connectivity index (χ0n) is 11.8. The van der Waals surface area contributed by atoms with Gasteiger partial charge < -0.3 is 0 Å². The van der Waals surface area contributed by atoms with Crippen molar-refractivity contribution in [1.29, 1.82) is 0 Å². The lowest BCUT2D eigenvalue weighted by Crippen LogP contribution is -1.82. The summed E-state index contributed by atoms with van der Waals surface area (Å²) in [5.41, 5.74) is 5.75. The fraction of sp³-hybridized carbons (Fsp3) is 0.167. The molecule has 20 heavy (non-hydrogen) atoms. The number of fused-ring (bicyclic) bond motifs is 1. The number of rotatable bonds is 0. The number of benzene rings is 2. The normalized spacial score (nSPS) is 10.3. The van der Waals surface area contributed by atoms with E-state index in [9.17, 15) is 0 Å². The maximum absolute atomic E-state index is 4.51. The van der Waals surface area contributed by atoms with E-state index in [4.69, 9.17) is 0 Å². The molecule has 0 atom stereocenters. The van der Waals surface area contributed by atoms with Gasteiger partial charge in [0, 0.05) is 11.1 Å². The van der Waals surface area contributed by atoms with Crippen LogP contribution in [0.5, 0.6) is 0 Å². The van der Waals surface area contributed by atoms with Crippen LogP contribution in [0.25, 0.3) is 10.2 Å². The second-order valence-corrected chi connectivity index (χ2v) is 6.14. The maximum Gasteiger partial charge on any atom is 0.0908 e. The average molecular weight is 277 g/mol. The molecule has 0 N–H and O–H groups in total. The molecule has 0 unspecified atom stereocenters. The zero-order chi connectivity index (χ0) is 14.1. The summed E-state index contributed by atoms with van der Waals surface area (Å²) in [6.45, 7) is 6.27. The van der Waals surface area contributed by atoms with E-state index in [0.717, 1.165) is 21.7 Å². The van der Waals surface area contributed by atoms with Crippen LogP contribution in [-0.2, 0) is 0 Å². The molecule has 3 rings (SSSR count). The van der Waals surface area contributed by atoms with Crippen molar-refractivity contribution in [2.45, 2.75) is 20.8 Å². The molecule has 2 heteroatoms. The van der Waals surface area contributed by atoms with Crippen LogP contribution in [0.1, 0.15) is 27.3 Å². The molecule has 0 spiro atoms. The Balaban J connectivity index is 2.05. The lowest BCUT2D eigenvalue weighted by Gasteiger charge is -1.99. The summed E-state index contributed by atoms with van der Waals surface area (Å²) < 4.78 is 1.18. The van der Waals surface area contributed by atoms with E-state index in [1.807, 2.05) is 19.1 Å². The standard InChI is InChI=1S/C18H15NS/c1-12-7-8-15(11-13(12)2)9-10-16-5-4-6-17-18(16)20-14(3)19-17/h4-8,11H,1-3H3. The van der Waals surface area contributed by atoms with Crippen molar-refractivity contribution in [1.82, 2.24) is 4.98 Å². The van der Waals surface area contributed by atoms with E-state index >= 15 is 0 Å². The van der Waals surface area contributed by atoms with Gasteiger partial charge in [0.15, 0.2) is 0 Å². The third-order valence-corrected chi connectivity index (χ3v) is 4.39. The Morgan fingerprint density at radius 3 is 2.60 bits per heavy atom. The van der Waals surface area contributed by atoms with Crippen LogP contribution in [0.2, 0.25) is 0 Å². The predicted molar refractivity (Wildman–Crippen MR) is 86.3 cm³/mol. The number of aromatic nitrogens is 1. The minimum absolute atomic E-state index is 1.04.